The van der Waals surface area contributed by atoms with Crippen molar-refractivity contribution in [3.8, 4) is 100 Å². The number of aromatic nitrogens is 1. The fourth-order valence-electron chi connectivity index (χ4n) is 10.2. The van der Waals surface area contributed by atoms with E-state index < -0.39 is 0 Å². The molecule has 0 saturated carbocycles. The largest absolute Gasteiger partial charge is 0.305 e. The van der Waals surface area contributed by atoms with E-state index in [2.05, 4.69) is 283 Å². The van der Waals surface area contributed by atoms with Crippen LogP contribution >= 0.6 is 0 Å². The molecule has 0 unspecified atom stereocenters. The van der Waals surface area contributed by atoms with Crippen LogP contribution in [0.2, 0.25) is 0 Å². The van der Waals surface area contributed by atoms with Crippen LogP contribution in [0.3, 0.4) is 0 Å². The van der Waals surface area contributed by atoms with Gasteiger partial charge in [-0.25, -0.2) is 0 Å². The first-order valence-corrected chi connectivity index (χ1v) is 27.1. The summed E-state index contributed by atoms with van der Waals surface area (Å²) < 4.78 is 0. The Balaban J connectivity index is 0.00000722. The second-order valence-electron chi connectivity index (χ2n) is 25.0. The van der Waals surface area contributed by atoms with Crippen molar-refractivity contribution in [1.29, 1.82) is 0 Å². The number of benzene rings is 9. The van der Waals surface area contributed by atoms with Crippen LogP contribution in [-0.2, 0) is 41.8 Å². The van der Waals surface area contributed by atoms with Crippen molar-refractivity contribution in [3.05, 3.63) is 247 Å². The molecule has 1 aromatic heterocycles. The maximum atomic E-state index is 4.73. The van der Waals surface area contributed by atoms with E-state index in [1.54, 1.807) is 0 Å². The maximum Gasteiger partial charge on any atom is 0.0160 e. The van der Waals surface area contributed by atoms with Crippen LogP contribution in [0.4, 0.5) is 0 Å². The number of hydrogen-bond donors (Lipinski definition) is 0. The zero-order chi connectivity index (χ0) is 53.6. The second kappa shape index (κ2) is 21.7. The van der Waals surface area contributed by atoms with Crippen molar-refractivity contribution in [2.75, 3.05) is 0 Å². The van der Waals surface area contributed by atoms with E-state index in [-0.39, 0.29) is 41.8 Å². The molecule has 0 aliphatic rings. The topological polar surface area (TPSA) is 12.9 Å². The third kappa shape index (κ3) is 12.5. The van der Waals surface area contributed by atoms with Gasteiger partial charge in [-0.3, -0.25) is 0 Å². The molecule has 77 heavy (non-hydrogen) atoms. The van der Waals surface area contributed by atoms with E-state index in [1.165, 1.54) is 77.9 Å². The molecule has 10 rings (SSSR count). The Labute approximate surface area is 473 Å². The quantitative estimate of drug-likeness (QED) is 0.131. The van der Waals surface area contributed by atoms with Crippen molar-refractivity contribution in [3.63, 3.8) is 0 Å². The van der Waals surface area contributed by atoms with Crippen molar-refractivity contribution >= 4 is 0 Å². The minimum Gasteiger partial charge on any atom is -0.305 e. The van der Waals surface area contributed by atoms with E-state index in [4.69, 9.17) is 4.98 Å². The molecule has 0 aliphatic heterocycles. The van der Waals surface area contributed by atoms with Gasteiger partial charge in [-0.1, -0.05) is 217 Å². The SMILES string of the molecule is CC(C)(C)c1ccc(-c2ccc(-c3cc(-c4ccc(C(C)(C)C)cc4)cc(-c4cc(-c5cc[c-]c(-c6ccccn6)c5)cc(-c5cc(-c6ccc(C(C)(C)C)cc6)cc(-c6ccc(C(C)(C)C)cc6)c5)c4)c3)cc2)cc1.[Ir]. The molecule has 0 N–H and O–H groups in total. The summed E-state index contributed by atoms with van der Waals surface area (Å²) >= 11 is 0. The van der Waals surface area contributed by atoms with Gasteiger partial charge in [0, 0.05) is 26.3 Å². The molecule has 1 heterocycles. The molecular weight excluding hydrogens is 1110 g/mol. The van der Waals surface area contributed by atoms with Gasteiger partial charge in [0.1, 0.15) is 0 Å². The van der Waals surface area contributed by atoms with Crippen molar-refractivity contribution in [1.82, 2.24) is 4.98 Å². The summed E-state index contributed by atoms with van der Waals surface area (Å²) in [5, 5.41) is 0. The zero-order valence-corrected chi connectivity index (χ0v) is 49.5. The van der Waals surface area contributed by atoms with Crippen LogP contribution < -0.4 is 0 Å². The molecule has 387 valence electrons. The molecule has 0 bridgehead atoms. The predicted molar refractivity (Wildman–Crippen MR) is 327 cm³/mol. The molecule has 1 radical (unpaired) electrons. The Hall–Kier alpha value is -7.22. The van der Waals surface area contributed by atoms with Gasteiger partial charge >= 0.3 is 0 Å². The van der Waals surface area contributed by atoms with Gasteiger partial charge < -0.3 is 4.98 Å². The van der Waals surface area contributed by atoms with Crippen molar-refractivity contribution < 1.29 is 20.1 Å². The Morgan fingerprint density at radius 3 is 0.766 bits per heavy atom. The zero-order valence-electron chi connectivity index (χ0n) is 47.1. The van der Waals surface area contributed by atoms with Gasteiger partial charge in [-0.15, -0.1) is 35.4 Å². The number of hydrogen-bond acceptors (Lipinski definition) is 1. The minimum absolute atomic E-state index is 0. The molecule has 0 fully saturated rings. The fraction of sp³-hybridized carbons (Fsp3) is 0.213. The Morgan fingerprint density at radius 2 is 0.506 bits per heavy atom. The van der Waals surface area contributed by atoms with Gasteiger partial charge in [0.15, 0.2) is 0 Å². The van der Waals surface area contributed by atoms with Gasteiger partial charge in [0.05, 0.1) is 0 Å². The first kappa shape index (κ1) is 54.6. The average Bonchev–Trinajstić information content (AvgIpc) is 3.43. The van der Waals surface area contributed by atoms with Gasteiger partial charge in [0.2, 0.25) is 0 Å². The van der Waals surface area contributed by atoms with E-state index in [9.17, 15) is 0 Å². The van der Waals surface area contributed by atoms with Gasteiger partial charge in [-0.2, -0.15) is 0 Å². The average molecular weight is 1180 g/mol. The summed E-state index contributed by atoms with van der Waals surface area (Å²) in [7, 11) is 0. The maximum absolute atomic E-state index is 4.73. The summed E-state index contributed by atoms with van der Waals surface area (Å²) in [5.74, 6) is 0. The number of rotatable bonds is 9. The molecule has 0 aliphatic carbocycles. The number of nitrogens with zero attached hydrogens (tertiary/aromatic N) is 1. The predicted octanol–water partition coefficient (Wildman–Crippen LogP) is 21.1. The Kier molecular flexibility index (Phi) is 15.3. The first-order valence-electron chi connectivity index (χ1n) is 27.1. The van der Waals surface area contributed by atoms with Crippen LogP contribution in [0.5, 0.6) is 0 Å². The third-order valence-electron chi connectivity index (χ3n) is 15.1. The fourth-order valence-corrected chi connectivity index (χ4v) is 10.2. The molecule has 0 atom stereocenters. The van der Waals surface area contributed by atoms with E-state index in [1.807, 2.05) is 24.4 Å². The third-order valence-corrected chi connectivity index (χ3v) is 15.1. The van der Waals surface area contributed by atoms with Crippen LogP contribution in [0.15, 0.2) is 219 Å². The Morgan fingerprint density at radius 1 is 0.260 bits per heavy atom. The smallest absolute Gasteiger partial charge is 0.0160 e. The van der Waals surface area contributed by atoms with Crippen molar-refractivity contribution in [2.45, 2.75) is 105 Å². The van der Waals surface area contributed by atoms with Crippen LogP contribution in [0.25, 0.3) is 100 Å². The van der Waals surface area contributed by atoms with E-state index >= 15 is 0 Å². The summed E-state index contributed by atoms with van der Waals surface area (Å²) in [6.07, 6.45) is 1.85. The van der Waals surface area contributed by atoms with E-state index in [0.717, 1.165) is 44.6 Å². The summed E-state index contributed by atoms with van der Waals surface area (Å²) in [6, 6.07) is 83.1. The molecule has 0 spiro atoms. The molecule has 1 nitrogen and oxygen atoms in total. The Bertz CT molecular complexity index is 3570. The summed E-state index contributed by atoms with van der Waals surface area (Å²) in [5.41, 5.74) is 26.1. The minimum atomic E-state index is 0. The molecular formula is C75H72IrN-. The van der Waals surface area contributed by atoms with Gasteiger partial charge in [0.25, 0.3) is 0 Å². The molecule has 0 saturated heterocycles. The second-order valence-corrected chi connectivity index (χ2v) is 25.0. The molecule has 2 heteroatoms. The monoisotopic (exact) mass is 1180 g/mol. The van der Waals surface area contributed by atoms with Crippen LogP contribution in [0.1, 0.15) is 105 Å². The van der Waals surface area contributed by atoms with Crippen LogP contribution in [-0.4, -0.2) is 4.98 Å². The summed E-state index contributed by atoms with van der Waals surface area (Å²) in [4.78, 5) is 4.73. The molecule has 10 aromatic rings. The van der Waals surface area contributed by atoms with E-state index in [0.29, 0.717) is 0 Å². The standard InChI is InChI=1S/C75H72N.Ir/c1-72(2,3)67-31-23-51(24-32-67)50-19-21-52(22-20-50)58-41-59(53-25-33-68(34-26-53)73(4,5)6)44-63(43-58)65-47-62(56-16-15-17-57(40-56)71-18-13-14-39-76-71)48-66(49-65)64-45-60(54-27-35-69(36-28-54)74(7,8)9)42-61(46-64)55-29-37-70(38-30-55)75(10,11)12;/h13-16,18-49H,1-12H3;/q-1;. The normalized spacial score (nSPS) is 12.1. The summed E-state index contributed by atoms with van der Waals surface area (Å²) in [6.45, 7) is 27.3. The number of pyridine rings is 1. The van der Waals surface area contributed by atoms with Gasteiger partial charge in [-0.05, 0) is 194 Å². The first-order chi connectivity index (χ1) is 36.1. The molecule has 0 amide bonds. The van der Waals surface area contributed by atoms with Crippen molar-refractivity contribution in [2.24, 2.45) is 0 Å². The van der Waals surface area contributed by atoms with Crippen LogP contribution in [0, 0.1) is 6.07 Å². The molecule has 9 aromatic carbocycles.